The fourth-order valence-corrected chi connectivity index (χ4v) is 2.08. The molecule has 1 amide bonds. The number of nitrogens with one attached hydrogen (secondary N) is 2. The van der Waals surface area contributed by atoms with E-state index in [0.717, 1.165) is 16.5 Å². The molecule has 0 fully saturated rings. The topological polar surface area (TPSA) is 67.0 Å². The third-order valence-corrected chi connectivity index (χ3v) is 2.87. The van der Waals surface area contributed by atoms with E-state index in [1.807, 2.05) is 45.9 Å². The van der Waals surface area contributed by atoms with Crippen LogP contribution in [0.25, 0.3) is 10.9 Å². The highest BCUT2D eigenvalue weighted by Gasteiger charge is 2.17. The highest BCUT2D eigenvalue weighted by atomic mass is 16.6. The Morgan fingerprint density at radius 3 is 2.90 bits per heavy atom. The Morgan fingerprint density at radius 1 is 1.45 bits per heavy atom. The molecule has 20 heavy (non-hydrogen) atoms. The fourth-order valence-electron chi connectivity index (χ4n) is 2.08. The number of fused-ring (bicyclic) bond motifs is 1. The first-order chi connectivity index (χ1) is 9.35. The molecule has 0 saturated heterocycles. The summed E-state index contributed by atoms with van der Waals surface area (Å²) in [6, 6.07) is 5.97. The molecule has 0 saturated carbocycles. The Bertz CT molecular complexity index is 598. The Labute approximate surface area is 118 Å². The van der Waals surface area contributed by atoms with E-state index in [1.54, 1.807) is 6.20 Å². The average Bonchev–Trinajstić information content (AvgIpc) is 2.74. The standard InChI is InChI=1S/C15H21N3O2/c1-10(20-14(19)17-15(2,3)4)8-11-6-5-7-13-12(11)9-16-18-13/h5-7,9-10H,8H2,1-4H3,(H,16,18)(H,17,19)/t10-/m1/s1. The van der Waals surface area contributed by atoms with Crippen LogP contribution in [-0.4, -0.2) is 27.9 Å². The molecule has 0 bridgehead atoms. The zero-order chi connectivity index (χ0) is 14.8. The van der Waals surface area contributed by atoms with Gasteiger partial charge in [-0.25, -0.2) is 4.79 Å². The SMILES string of the molecule is C[C@H](Cc1cccc2[nH]ncc12)OC(=O)NC(C)(C)C. The van der Waals surface area contributed by atoms with E-state index in [1.165, 1.54) is 0 Å². The van der Waals surface area contributed by atoms with Crippen LogP contribution in [0.5, 0.6) is 0 Å². The maximum Gasteiger partial charge on any atom is 0.407 e. The smallest absolute Gasteiger partial charge is 0.407 e. The van der Waals surface area contributed by atoms with Crippen LogP contribution in [0.3, 0.4) is 0 Å². The van der Waals surface area contributed by atoms with Crippen LogP contribution in [0.2, 0.25) is 0 Å². The number of ether oxygens (including phenoxy) is 1. The molecule has 0 spiro atoms. The number of amides is 1. The van der Waals surface area contributed by atoms with Crippen molar-refractivity contribution in [1.29, 1.82) is 0 Å². The van der Waals surface area contributed by atoms with Gasteiger partial charge in [-0.1, -0.05) is 12.1 Å². The van der Waals surface area contributed by atoms with Crippen molar-refractivity contribution in [3.05, 3.63) is 30.0 Å². The number of carbonyl (C=O) groups excluding carboxylic acids is 1. The molecule has 1 atom stereocenters. The van der Waals surface area contributed by atoms with Crippen molar-refractivity contribution in [1.82, 2.24) is 15.5 Å². The van der Waals surface area contributed by atoms with Gasteiger partial charge in [0.05, 0.1) is 11.7 Å². The molecular formula is C15H21N3O2. The lowest BCUT2D eigenvalue weighted by atomic mass is 10.0. The van der Waals surface area contributed by atoms with Gasteiger partial charge in [-0.05, 0) is 39.3 Å². The van der Waals surface area contributed by atoms with Gasteiger partial charge in [-0.15, -0.1) is 0 Å². The number of hydrogen-bond acceptors (Lipinski definition) is 3. The first-order valence-electron chi connectivity index (χ1n) is 6.75. The quantitative estimate of drug-likeness (QED) is 0.904. The third kappa shape index (κ3) is 3.73. The van der Waals surface area contributed by atoms with Crippen LogP contribution >= 0.6 is 0 Å². The molecule has 108 valence electrons. The van der Waals surface area contributed by atoms with E-state index in [9.17, 15) is 4.79 Å². The molecular weight excluding hydrogens is 254 g/mol. The first-order valence-corrected chi connectivity index (χ1v) is 6.75. The summed E-state index contributed by atoms with van der Waals surface area (Å²) in [5, 5.41) is 10.8. The minimum absolute atomic E-state index is 0.196. The van der Waals surface area contributed by atoms with Crippen LogP contribution in [0, 0.1) is 0 Å². The molecule has 0 aliphatic carbocycles. The van der Waals surface area contributed by atoms with E-state index in [2.05, 4.69) is 15.5 Å². The van der Waals surface area contributed by atoms with E-state index < -0.39 is 0 Å². The molecule has 5 nitrogen and oxygen atoms in total. The van der Waals surface area contributed by atoms with Gasteiger partial charge in [-0.3, -0.25) is 5.10 Å². The Morgan fingerprint density at radius 2 is 2.20 bits per heavy atom. The molecule has 1 aromatic heterocycles. The fraction of sp³-hybridized carbons (Fsp3) is 0.467. The summed E-state index contributed by atoms with van der Waals surface area (Å²) in [6.45, 7) is 7.66. The second-order valence-corrected chi connectivity index (χ2v) is 6.04. The van der Waals surface area contributed by atoms with E-state index in [-0.39, 0.29) is 17.7 Å². The minimum Gasteiger partial charge on any atom is -0.446 e. The first kappa shape index (κ1) is 14.4. The number of nitrogens with zero attached hydrogens (tertiary/aromatic N) is 1. The summed E-state index contributed by atoms with van der Waals surface area (Å²) < 4.78 is 5.38. The number of aromatic nitrogens is 2. The van der Waals surface area contributed by atoms with Gasteiger partial charge in [0.2, 0.25) is 0 Å². The molecule has 2 N–H and O–H groups in total. The lowest BCUT2D eigenvalue weighted by Gasteiger charge is -2.22. The minimum atomic E-state index is -0.385. The summed E-state index contributed by atoms with van der Waals surface area (Å²) in [5.41, 5.74) is 1.82. The maximum atomic E-state index is 11.7. The van der Waals surface area contributed by atoms with Crippen LogP contribution in [0.1, 0.15) is 33.3 Å². The second-order valence-electron chi connectivity index (χ2n) is 6.04. The predicted octanol–water partition coefficient (Wildman–Crippen LogP) is 3.02. The Kier molecular flexibility index (Phi) is 3.97. The number of aromatic amines is 1. The number of carbonyl (C=O) groups is 1. The molecule has 2 rings (SSSR count). The molecule has 0 aliphatic heterocycles. The van der Waals surface area contributed by atoms with Crippen molar-refractivity contribution in [2.45, 2.75) is 45.8 Å². The van der Waals surface area contributed by atoms with Gasteiger partial charge in [0.1, 0.15) is 6.10 Å². The van der Waals surface area contributed by atoms with Crippen molar-refractivity contribution in [3.63, 3.8) is 0 Å². The molecule has 2 aromatic rings. The Balaban J connectivity index is 1.99. The van der Waals surface area contributed by atoms with Gasteiger partial charge < -0.3 is 10.1 Å². The lowest BCUT2D eigenvalue weighted by molar-refractivity contribution is 0.100. The molecule has 1 aromatic carbocycles. The van der Waals surface area contributed by atoms with Crippen LogP contribution < -0.4 is 5.32 Å². The summed E-state index contributed by atoms with van der Waals surface area (Å²) in [5.74, 6) is 0. The molecule has 1 heterocycles. The number of benzene rings is 1. The van der Waals surface area contributed by atoms with Gasteiger partial charge in [0.15, 0.2) is 0 Å². The lowest BCUT2D eigenvalue weighted by Crippen LogP contribution is -2.42. The van der Waals surface area contributed by atoms with Crippen molar-refractivity contribution < 1.29 is 9.53 Å². The number of hydrogen-bond donors (Lipinski definition) is 2. The number of rotatable bonds is 3. The van der Waals surface area contributed by atoms with E-state index >= 15 is 0 Å². The van der Waals surface area contributed by atoms with E-state index in [4.69, 9.17) is 4.74 Å². The zero-order valence-electron chi connectivity index (χ0n) is 12.4. The average molecular weight is 275 g/mol. The summed E-state index contributed by atoms with van der Waals surface area (Å²) in [4.78, 5) is 11.7. The number of H-pyrrole nitrogens is 1. The Hall–Kier alpha value is -2.04. The van der Waals surface area contributed by atoms with E-state index in [0.29, 0.717) is 6.42 Å². The van der Waals surface area contributed by atoms with Crippen molar-refractivity contribution in [3.8, 4) is 0 Å². The summed E-state index contributed by atoms with van der Waals surface area (Å²) in [6.07, 6.45) is 1.88. The predicted molar refractivity (Wildman–Crippen MR) is 78.6 cm³/mol. The number of alkyl carbamates (subject to hydrolysis) is 1. The van der Waals surface area contributed by atoms with Crippen molar-refractivity contribution in [2.24, 2.45) is 0 Å². The maximum absolute atomic E-state index is 11.7. The monoisotopic (exact) mass is 275 g/mol. The third-order valence-electron chi connectivity index (χ3n) is 2.87. The summed E-state index contributed by atoms with van der Waals surface area (Å²) >= 11 is 0. The van der Waals surface area contributed by atoms with Gasteiger partial charge in [0.25, 0.3) is 0 Å². The van der Waals surface area contributed by atoms with Gasteiger partial charge in [-0.2, -0.15) is 5.10 Å². The van der Waals surface area contributed by atoms with Crippen LogP contribution in [0.4, 0.5) is 4.79 Å². The van der Waals surface area contributed by atoms with Gasteiger partial charge >= 0.3 is 6.09 Å². The largest absolute Gasteiger partial charge is 0.446 e. The van der Waals surface area contributed by atoms with Crippen LogP contribution in [0.15, 0.2) is 24.4 Å². The normalized spacial score (nSPS) is 13.2. The van der Waals surface area contributed by atoms with Crippen LogP contribution in [-0.2, 0) is 11.2 Å². The molecule has 0 aliphatic rings. The van der Waals surface area contributed by atoms with Gasteiger partial charge in [0, 0.05) is 17.3 Å². The zero-order valence-corrected chi connectivity index (χ0v) is 12.4. The van der Waals surface area contributed by atoms with Crippen molar-refractivity contribution in [2.75, 3.05) is 0 Å². The highest BCUT2D eigenvalue weighted by Crippen LogP contribution is 2.18. The summed E-state index contributed by atoms with van der Waals surface area (Å²) in [7, 11) is 0. The van der Waals surface area contributed by atoms with Crippen molar-refractivity contribution >= 4 is 17.0 Å². The molecule has 0 radical (unpaired) electrons. The molecule has 5 heteroatoms. The molecule has 0 unspecified atom stereocenters. The highest BCUT2D eigenvalue weighted by molar-refractivity contribution is 5.81. The second kappa shape index (κ2) is 5.53.